The van der Waals surface area contributed by atoms with Gasteiger partial charge in [-0.1, -0.05) is 84.3 Å². The van der Waals surface area contributed by atoms with E-state index in [4.69, 9.17) is 9.47 Å². The molecule has 0 heterocycles. The van der Waals surface area contributed by atoms with Crippen molar-refractivity contribution in [3.05, 3.63) is 59.7 Å². The van der Waals surface area contributed by atoms with Crippen LogP contribution in [0, 0.1) is 5.92 Å². The first-order valence-corrected chi connectivity index (χ1v) is 13.2. The molecule has 0 bridgehead atoms. The number of hydrogen-bond donors (Lipinski definition) is 0. The van der Waals surface area contributed by atoms with Crippen molar-refractivity contribution in [3.63, 3.8) is 0 Å². The van der Waals surface area contributed by atoms with Gasteiger partial charge in [-0.25, -0.2) is 4.79 Å². The van der Waals surface area contributed by atoms with Crippen LogP contribution in [0.25, 0.3) is 0 Å². The lowest BCUT2D eigenvalue weighted by Crippen LogP contribution is -2.08. The first kappa shape index (κ1) is 27.0. The number of unbranched alkanes of at least 4 members (excludes halogenated alkanes) is 6. The van der Waals surface area contributed by atoms with E-state index in [2.05, 4.69) is 32.9 Å². The number of carbonyl (C=O) groups is 1. The lowest BCUT2D eigenvalue weighted by atomic mass is 9.99. The predicted octanol–water partition coefficient (Wildman–Crippen LogP) is 8.79. The summed E-state index contributed by atoms with van der Waals surface area (Å²) in [7, 11) is 0. The Morgan fingerprint density at radius 3 is 2.09 bits per heavy atom. The molecule has 0 aliphatic carbocycles. The van der Waals surface area contributed by atoms with E-state index in [1.807, 2.05) is 24.3 Å². The zero-order valence-corrected chi connectivity index (χ0v) is 21.1. The standard InChI is InChI=1S/C30H44O3/c1-4-6-7-8-9-10-15-26-16-20-29(21-17-26)33-30(31)27-18-22-28(23-19-27)32-24-12-11-14-25(3)13-5-2/h16-23,25H,4-15,24H2,1-3H3/t25-/m0/s1. The predicted molar refractivity (Wildman–Crippen MR) is 138 cm³/mol. The molecule has 2 rings (SSSR count). The van der Waals surface area contributed by atoms with Crippen LogP contribution in [0.1, 0.15) is 107 Å². The monoisotopic (exact) mass is 452 g/mol. The number of aryl methyl sites for hydroxylation is 1. The number of carbonyl (C=O) groups excluding carboxylic acids is 1. The number of benzene rings is 2. The van der Waals surface area contributed by atoms with Crippen molar-refractivity contribution in [1.82, 2.24) is 0 Å². The number of esters is 1. The highest BCUT2D eigenvalue weighted by Crippen LogP contribution is 2.19. The zero-order valence-electron chi connectivity index (χ0n) is 21.1. The quantitative estimate of drug-likeness (QED) is 0.137. The lowest BCUT2D eigenvalue weighted by Gasteiger charge is -2.10. The van der Waals surface area contributed by atoms with Crippen molar-refractivity contribution in [2.45, 2.75) is 97.8 Å². The van der Waals surface area contributed by atoms with Gasteiger partial charge in [0.2, 0.25) is 0 Å². The van der Waals surface area contributed by atoms with Crippen LogP contribution in [0.15, 0.2) is 48.5 Å². The van der Waals surface area contributed by atoms with Gasteiger partial charge in [0, 0.05) is 0 Å². The molecule has 0 spiro atoms. The smallest absolute Gasteiger partial charge is 0.343 e. The van der Waals surface area contributed by atoms with Gasteiger partial charge in [-0.05, 0) is 73.6 Å². The molecule has 33 heavy (non-hydrogen) atoms. The molecule has 1 atom stereocenters. The summed E-state index contributed by atoms with van der Waals surface area (Å²) in [4.78, 5) is 12.5. The fourth-order valence-electron chi connectivity index (χ4n) is 4.11. The molecule has 0 amide bonds. The molecule has 0 radical (unpaired) electrons. The summed E-state index contributed by atoms with van der Waals surface area (Å²) in [5, 5.41) is 0. The van der Waals surface area contributed by atoms with Crippen LogP contribution in [0.3, 0.4) is 0 Å². The van der Waals surface area contributed by atoms with Crippen LogP contribution in [0.2, 0.25) is 0 Å². The van der Waals surface area contributed by atoms with E-state index < -0.39 is 0 Å². The lowest BCUT2D eigenvalue weighted by molar-refractivity contribution is 0.0734. The molecule has 0 unspecified atom stereocenters. The minimum Gasteiger partial charge on any atom is -0.494 e. The molecule has 3 nitrogen and oxygen atoms in total. The summed E-state index contributed by atoms with van der Waals surface area (Å²) in [6, 6.07) is 15.1. The van der Waals surface area contributed by atoms with E-state index >= 15 is 0 Å². The fraction of sp³-hybridized carbons (Fsp3) is 0.567. The van der Waals surface area contributed by atoms with Gasteiger partial charge in [0.15, 0.2) is 0 Å². The zero-order chi connectivity index (χ0) is 23.7. The van der Waals surface area contributed by atoms with Crippen molar-refractivity contribution in [3.8, 4) is 11.5 Å². The van der Waals surface area contributed by atoms with Gasteiger partial charge in [-0.2, -0.15) is 0 Å². The molecule has 0 N–H and O–H groups in total. The average Bonchev–Trinajstić information content (AvgIpc) is 2.82. The van der Waals surface area contributed by atoms with Gasteiger partial charge < -0.3 is 9.47 Å². The van der Waals surface area contributed by atoms with E-state index in [-0.39, 0.29) is 5.97 Å². The van der Waals surface area contributed by atoms with E-state index in [0.29, 0.717) is 17.9 Å². The molecule has 0 fully saturated rings. The van der Waals surface area contributed by atoms with Crippen molar-refractivity contribution >= 4 is 5.97 Å². The fourth-order valence-corrected chi connectivity index (χ4v) is 4.11. The Labute approximate surface area is 201 Å². The minimum absolute atomic E-state index is 0.338. The molecule has 3 heteroatoms. The molecule has 0 aliphatic heterocycles. The van der Waals surface area contributed by atoms with Gasteiger partial charge in [-0.3, -0.25) is 0 Å². The van der Waals surface area contributed by atoms with Crippen molar-refractivity contribution < 1.29 is 14.3 Å². The van der Waals surface area contributed by atoms with E-state index in [1.165, 1.54) is 69.8 Å². The first-order valence-electron chi connectivity index (χ1n) is 13.2. The van der Waals surface area contributed by atoms with E-state index in [1.54, 1.807) is 12.1 Å². The highest BCUT2D eigenvalue weighted by molar-refractivity contribution is 5.91. The first-order chi connectivity index (χ1) is 16.1. The van der Waals surface area contributed by atoms with Crippen molar-refractivity contribution in [2.75, 3.05) is 6.61 Å². The highest BCUT2D eigenvalue weighted by atomic mass is 16.5. The normalized spacial score (nSPS) is 11.8. The summed E-state index contributed by atoms with van der Waals surface area (Å²) < 4.78 is 11.4. The summed E-state index contributed by atoms with van der Waals surface area (Å²) in [6.07, 6.45) is 15.0. The SMILES string of the molecule is CCCCCCCCc1ccc(OC(=O)c2ccc(OCCCC[C@@H](C)CCC)cc2)cc1. The Morgan fingerprint density at radius 1 is 0.727 bits per heavy atom. The third-order valence-electron chi connectivity index (χ3n) is 6.18. The molecule has 0 saturated heterocycles. The van der Waals surface area contributed by atoms with Crippen LogP contribution in [0.4, 0.5) is 0 Å². The van der Waals surface area contributed by atoms with Gasteiger partial charge in [0.25, 0.3) is 0 Å². The Hall–Kier alpha value is -2.29. The largest absolute Gasteiger partial charge is 0.494 e. The van der Waals surface area contributed by atoms with Gasteiger partial charge >= 0.3 is 5.97 Å². The van der Waals surface area contributed by atoms with Crippen molar-refractivity contribution in [1.29, 1.82) is 0 Å². The van der Waals surface area contributed by atoms with Crippen molar-refractivity contribution in [2.24, 2.45) is 5.92 Å². The second kappa shape index (κ2) is 16.3. The summed E-state index contributed by atoms with van der Waals surface area (Å²) in [6.45, 7) is 7.53. The Bertz CT molecular complexity index is 764. The maximum Gasteiger partial charge on any atom is 0.343 e. The Balaban J connectivity index is 1.68. The second-order valence-electron chi connectivity index (χ2n) is 9.31. The maximum atomic E-state index is 12.5. The van der Waals surface area contributed by atoms with Gasteiger partial charge in [0.1, 0.15) is 11.5 Å². The van der Waals surface area contributed by atoms with Gasteiger partial charge in [-0.15, -0.1) is 0 Å². The number of rotatable bonds is 17. The second-order valence-corrected chi connectivity index (χ2v) is 9.31. The minimum atomic E-state index is -0.338. The van der Waals surface area contributed by atoms with Crippen LogP contribution in [0.5, 0.6) is 11.5 Å². The average molecular weight is 453 g/mol. The van der Waals surface area contributed by atoms with E-state index in [9.17, 15) is 4.79 Å². The molecule has 0 saturated carbocycles. The van der Waals surface area contributed by atoms with Crippen LogP contribution < -0.4 is 9.47 Å². The van der Waals surface area contributed by atoms with Crippen LogP contribution in [-0.2, 0) is 6.42 Å². The summed E-state index contributed by atoms with van der Waals surface area (Å²) >= 11 is 0. The molecule has 0 aliphatic rings. The molecule has 0 aromatic heterocycles. The van der Waals surface area contributed by atoms with Crippen LogP contribution in [-0.4, -0.2) is 12.6 Å². The Kier molecular flexibility index (Phi) is 13.4. The van der Waals surface area contributed by atoms with Crippen LogP contribution >= 0.6 is 0 Å². The number of hydrogen-bond acceptors (Lipinski definition) is 3. The topological polar surface area (TPSA) is 35.5 Å². The van der Waals surface area contributed by atoms with E-state index in [0.717, 1.165) is 24.5 Å². The Morgan fingerprint density at radius 2 is 1.39 bits per heavy atom. The van der Waals surface area contributed by atoms with Gasteiger partial charge in [0.05, 0.1) is 12.2 Å². The molecular weight excluding hydrogens is 408 g/mol. The molecular formula is C30H44O3. The summed E-state index contributed by atoms with van der Waals surface area (Å²) in [5.41, 5.74) is 1.83. The molecule has 182 valence electrons. The number of ether oxygens (including phenoxy) is 2. The maximum absolute atomic E-state index is 12.5. The molecule has 2 aromatic rings. The third kappa shape index (κ3) is 11.4. The highest BCUT2D eigenvalue weighted by Gasteiger charge is 2.09. The third-order valence-corrected chi connectivity index (χ3v) is 6.18. The molecule has 2 aromatic carbocycles. The summed E-state index contributed by atoms with van der Waals surface area (Å²) in [5.74, 6) is 1.85.